The molecule has 0 amide bonds. The first-order valence-corrected chi connectivity index (χ1v) is 6.86. The molecule has 2 aliphatic rings. The number of furan rings is 1. The van der Waals surface area contributed by atoms with E-state index in [1.165, 1.54) is 0 Å². The predicted octanol–water partition coefficient (Wildman–Crippen LogP) is 2.71. The van der Waals surface area contributed by atoms with Crippen molar-refractivity contribution in [2.75, 3.05) is 0 Å². The number of fused-ring (bicyclic) bond motifs is 1. The molecule has 1 aromatic heterocycles. The largest absolute Gasteiger partial charge is 0.453 e. The van der Waals surface area contributed by atoms with Gasteiger partial charge in [-0.1, -0.05) is 6.92 Å². The van der Waals surface area contributed by atoms with Crippen LogP contribution in [0.5, 0.6) is 0 Å². The maximum atomic E-state index is 5.92. The summed E-state index contributed by atoms with van der Waals surface area (Å²) in [4.78, 5) is 0. The summed E-state index contributed by atoms with van der Waals surface area (Å²) in [5.41, 5.74) is 0.826. The van der Waals surface area contributed by atoms with Gasteiger partial charge in [-0.25, -0.2) is 0 Å². The van der Waals surface area contributed by atoms with E-state index in [1.54, 1.807) is 12.3 Å². The zero-order valence-electron chi connectivity index (χ0n) is 10.9. The molecule has 0 aliphatic carbocycles. The average molecular weight is 289 g/mol. The van der Waals surface area contributed by atoms with E-state index < -0.39 is 0 Å². The van der Waals surface area contributed by atoms with Crippen LogP contribution in [-0.4, -0.2) is 30.9 Å². The zero-order valence-corrected chi connectivity index (χ0v) is 11.6. The highest BCUT2D eigenvalue weighted by Crippen LogP contribution is 2.35. The highest BCUT2D eigenvalue weighted by molar-refractivity contribution is 6.29. The van der Waals surface area contributed by atoms with Crippen LogP contribution < -0.4 is 0 Å². The van der Waals surface area contributed by atoms with Gasteiger partial charge in [0.15, 0.2) is 17.8 Å². The molecule has 0 aromatic carbocycles. The second-order valence-corrected chi connectivity index (χ2v) is 5.09. The fourth-order valence-electron chi connectivity index (χ4n) is 2.53. The Morgan fingerprint density at radius 1 is 1.32 bits per heavy atom. The number of rotatable bonds is 4. The van der Waals surface area contributed by atoms with Crippen molar-refractivity contribution in [3.8, 4) is 0 Å². The molecule has 0 N–H and O–H groups in total. The molecule has 6 heteroatoms. The zero-order chi connectivity index (χ0) is 13.4. The van der Waals surface area contributed by atoms with Crippen molar-refractivity contribution in [1.82, 2.24) is 0 Å². The Bertz CT molecular complexity index is 434. The highest BCUT2D eigenvalue weighted by Gasteiger charge is 2.51. The molecule has 19 heavy (non-hydrogen) atoms. The summed E-state index contributed by atoms with van der Waals surface area (Å²) in [5, 5.41) is 0.362. The van der Waals surface area contributed by atoms with Gasteiger partial charge >= 0.3 is 0 Å². The quantitative estimate of drug-likeness (QED) is 0.852. The Kier molecular flexibility index (Phi) is 3.82. The monoisotopic (exact) mass is 288 g/mol. The van der Waals surface area contributed by atoms with Gasteiger partial charge in [-0.2, -0.15) is 0 Å². The summed E-state index contributed by atoms with van der Waals surface area (Å²) < 4.78 is 28.0. The minimum absolute atomic E-state index is 0.0202. The normalized spacial score (nSPS) is 37.7. The second-order valence-electron chi connectivity index (χ2n) is 4.75. The Balaban J connectivity index is 1.66. The van der Waals surface area contributed by atoms with E-state index in [2.05, 4.69) is 6.92 Å². The van der Waals surface area contributed by atoms with Gasteiger partial charge in [-0.15, -0.1) is 0 Å². The van der Waals surface area contributed by atoms with Gasteiger partial charge in [0.1, 0.15) is 12.2 Å². The van der Waals surface area contributed by atoms with Gasteiger partial charge in [-0.3, -0.25) is 0 Å². The Morgan fingerprint density at radius 3 is 2.84 bits per heavy atom. The first-order chi connectivity index (χ1) is 9.19. The molecular formula is C13H17ClO5. The van der Waals surface area contributed by atoms with Crippen LogP contribution in [0.25, 0.3) is 0 Å². The molecule has 5 nitrogen and oxygen atoms in total. The standard InChI is InChI=1S/C13H17ClO5/c1-3-9-10(11-13(19-9)18-7(2)17-11)16-6-8-4-5-15-12(8)14/h4-5,7,9-11,13H,3,6H2,1-2H3/t7?,9-,10+,11-,13+/m1/s1. The van der Waals surface area contributed by atoms with Crippen LogP contribution in [0.15, 0.2) is 16.7 Å². The van der Waals surface area contributed by atoms with E-state index in [4.69, 9.17) is 35.0 Å². The Morgan fingerprint density at radius 2 is 2.16 bits per heavy atom. The lowest BCUT2D eigenvalue weighted by Crippen LogP contribution is -2.34. The van der Waals surface area contributed by atoms with Crippen LogP contribution in [0.3, 0.4) is 0 Å². The van der Waals surface area contributed by atoms with Crippen LogP contribution in [0.2, 0.25) is 5.22 Å². The van der Waals surface area contributed by atoms with E-state index in [0.29, 0.717) is 11.8 Å². The Labute approximate surface area is 116 Å². The molecule has 0 spiro atoms. The SMILES string of the molecule is CC[C@H]1O[C@@H]2OC(C)O[C@@H]2[C@H]1OCc1ccoc1Cl. The lowest BCUT2D eigenvalue weighted by Gasteiger charge is -2.21. The predicted molar refractivity (Wildman–Crippen MR) is 66.7 cm³/mol. The molecule has 1 aromatic rings. The number of ether oxygens (including phenoxy) is 4. The summed E-state index contributed by atoms with van der Waals surface area (Å²) in [6.07, 6.45) is 1.47. The summed E-state index contributed by atoms with van der Waals surface area (Å²) in [6, 6.07) is 1.80. The van der Waals surface area contributed by atoms with Gasteiger partial charge in [0, 0.05) is 5.56 Å². The number of hydrogen-bond acceptors (Lipinski definition) is 5. The molecule has 3 heterocycles. The highest BCUT2D eigenvalue weighted by atomic mass is 35.5. The molecule has 106 valence electrons. The van der Waals surface area contributed by atoms with E-state index in [-0.39, 0.29) is 30.9 Å². The average Bonchev–Trinajstić information content (AvgIpc) is 3.02. The smallest absolute Gasteiger partial charge is 0.198 e. The van der Waals surface area contributed by atoms with E-state index in [1.807, 2.05) is 6.92 Å². The van der Waals surface area contributed by atoms with Gasteiger partial charge in [-0.05, 0) is 31.0 Å². The summed E-state index contributed by atoms with van der Waals surface area (Å²) in [5.74, 6) is 0. The number of halogens is 1. The molecule has 2 saturated heterocycles. The van der Waals surface area contributed by atoms with Crippen molar-refractivity contribution in [3.63, 3.8) is 0 Å². The molecule has 0 radical (unpaired) electrons. The summed E-state index contributed by atoms with van der Waals surface area (Å²) >= 11 is 5.90. The van der Waals surface area contributed by atoms with Gasteiger partial charge in [0.05, 0.1) is 19.0 Å². The van der Waals surface area contributed by atoms with E-state index in [9.17, 15) is 0 Å². The van der Waals surface area contributed by atoms with Crippen molar-refractivity contribution in [2.45, 2.75) is 57.8 Å². The van der Waals surface area contributed by atoms with Crippen LogP contribution in [0, 0.1) is 0 Å². The first kappa shape index (κ1) is 13.4. The third-order valence-electron chi connectivity index (χ3n) is 3.47. The molecule has 1 unspecified atom stereocenters. The minimum Gasteiger partial charge on any atom is -0.453 e. The summed E-state index contributed by atoms with van der Waals surface area (Å²) in [7, 11) is 0. The number of hydrogen-bond donors (Lipinski definition) is 0. The summed E-state index contributed by atoms with van der Waals surface area (Å²) in [6.45, 7) is 4.28. The van der Waals surface area contributed by atoms with Gasteiger partial charge in [0.2, 0.25) is 0 Å². The van der Waals surface area contributed by atoms with E-state index >= 15 is 0 Å². The van der Waals surface area contributed by atoms with Crippen LogP contribution in [-0.2, 0) is 25.6 Å². The minimum atomic E-state index is -0.329. The first-order valence-electron chi connectivity index (χ1n) is 6.49. The maximum Gasteiger partial charge on any atom is 0.198 e. The fourth-order valence-corrected chi connectivity index (χ4v) is 2.69. The van der Waals surface area contributed by atoms with Gasteiger partial charge < -0.3 is 23.4 Å². The fraction of sp³-hybridized carbons (Fsp3) is 0.692. The van der Waals surface area contributed by atoms with Crippen molar-refractivity contribution < 1.29 is 23.4 Å². The van der Waals surface area contributed by atoms with Crippen LogP contribution in [0.4, 0.5) is 0 Å². The molecule has 0 bridgehead atoms. The van der Waals surface area contributed by atoms with Crippen molar-refractivity contribution >= 4 is 11.6 Å². The molecule has 2 aliphatic heterocycles. The van der Waals surface area contributed by atoms with Crippen LogP contribution in [0.1, 0.15) is 25.8 Å². The maximum absolute atomic E-state index is 5.92. The van der Waals surface area contributed by atoms with E-state index in [0.717, 1.165) is 12.0 Å². The van der Waals surface area contributed by atoms with Gasteiger partial charge in [0.25, 0.3) is 0 Å². The third kappa shape index (κ3) is 2.53. The molecule has 5 atom stereocenters. The second kappa shape index (κ2) is 5.42. The topological polar surface area (TPSA) is 50.1 Å². The molecule has 3 rings (SSSR count). The lowest BCUT2D eigenvalue weighted by molar-refractivity contribution is -0.168. The van der Waals surface area contributed by atoms with Crippen molar-refractivity contribution in [2.24, 2.45) is 0 Å². The molecule has 0 saturated carbocycles. The van der Waals surface area contributed by atoms with Crippen molar-refractivity contribution in [1.29, 1.82) is 0 Å². The Hall–Kier alpha value is -0.590. The van der Waals surface area contributed by atoms with Crippen LogP contribution >= 0.6 is 11.6 Å². The van der Waals surface area contributed by atoms with Crippen molar-refractivity contribution in [3.05, 3.63) is 23.1 Å². The lowest BCUT2D eigenvalue weighted by atomic mass is 10.1. The molecular weight excluding hydrogens is 272 g/mol. The molecule has 2 fully saturated rings. The third-order valence-corrected chi connectivity index (χ3v) is 3.80.